The maximum Gasteiger partial charge on any atom is 0.258 e. The van der Waals surface area contributed by atoms with Gasteiger partial charge in [-0.05, 0) is 18.6 Å². The lowest BCUT2D eigenvalue weighted by Crippen LogP contribution is -2.37. The molecule has 0 amide bonds. The molecular weight excluding hydrogens is 325 g/mol. The lowest BCUT2D eigenvalue weighted by molar-refractivity contribution is 0.122. The van der Waals surface area contributed by atoms with Gasteiger partial charge in [0.25, 0.3) is 5.88 Å². The number of hydrogen-bond donors (Lipinski definition) is 0. The van der Waals surface area contributed by atoms with Crippen molar-refractivity contribution >= 4 is 40.1 Å². The Morgan fingerprint density at radius 1 is 1.14 bits per heavy atom. The van der Waals surface area contributed by atoms with E-state index in [2.05, 4.69) is 16.8 Å². The van der Waals surface area contributed by atoms with Gasteiger partial charge in [-0.1, -0.05) is 30.1 Å². The molecule has 0 radical (unpaired) electrons. The fraction of sp³-hybridized carbons (Fsp3) is 0.467. The quantitative estimate of drug-likeness (QED) is 0.850. The van der Waals surface area contributed by atoms with E-state index in [1.165, 1.54) is 0 Å². The topological polar surface area (TPSA) is 47.5 Å². The van der Waals surface area contributed by atoms with E-state index in [1.807, 2.05) is 0 Å². The highest BCUT2D eigenvalue weighted by molar-refractivity contribution is 6.42. The lowest BCUT2D eigenvalue weighted by Gasteiger charge is -2.28. The summed E-state index contributed by atoms with van der Waals surface area (Å²) in [6, 6.07) is 3.45. The molecule has 3 rings (SSSR count). The molecule has 118 valence electrons. The predicted octanol–water partition coefficient (Wildman–Crippen LogP) is 3.56. The largest absolute Gasteiger partial charge is 0.475 e. The molecule has 1 saturated heterocycles. The van der Waals surface area contributed by atoms with E-state index in [0.717, 1.165) is 25.3 Å². The first-order valence-corrected chi connectivity index (χ1v) is 8.07. The van der Waals surface area contributed by atoms with Crippen LogP contribution >= 0.6 is 23.2 Å². The van der Waals surface area contributed by atoms with Crippen LogP contribution in [0, 0.1) is 0 Å². The molecule has 1 aromatic carbocycles. The first-order chi connectivity index (χ1) is 10.7. The number of hydrogen-bond acceptors (Lipinski definition) is 5. The summed E-state index contributed by atoms with van der Waals surface area (Å²) in [7, 11) is 0. The number of nitrogens with zero attached hydrogens (tertiary/aromatic N) is 3. The molecule has 1 aromatic heterocycles. The SMILES string of the molecule is CCCOc1nc2cc(Cl)c(Cl)cc2nc1N1CCOCC1. The van der Waals surface area contributed by atoms with Crippen LogP contribution < -0.4 is 9.64 Å². The first-order valence-electron chi connectivity index (χ1n) is 7.31. The number of fused-ring (bicyclic) bond motifs is 1. The Balaban J connectivity index is 2.07. The number of aromatic nitrogens is 2. The van der Waals surface area contributed by atoms with E-state index < -0.39 is 0 Å². The van der Waals surface area contributed by atoms with Crippen molar-refractivity contribution in [1.29, 1.82) is 0 Å². The van der Waals surface area contributed by atoms with E-state index in [9.17, 15) is 0 Å². The van der Waals surface area contributed by atoms with Gasteiger partial charge in [-0.3, -0.25) is 0 Å². The second kappa shape index (κ2) is 6.86. The highest BCUT2D eigenvalue weighted by Crippen LogP contribution is 2.32. The Kier molecular flexibility index (Phi) is 4.86. The van der Waals surface area contributed by atoms with Crippen LogP contribution in [0.1, 0.15) is 13.3 Å². The summed E-state index contributed by atoms with van der Waals surface area (Å²) in [5.74, 6) is 1.28. The number of rotatable bonds is 4. The molecule has 0 atom stereocenters. The molecule has 0 bridgehead atoms. The maximum atomic E-state index is 6.08. The molecule has 7 heteroatoms. The number of ether oxygens (including phenoxy) is 2. The zero-order valence-corrected chi connectivity index (χ0v) is 13.8. The third-order valence-electron chi connectivity index (χ3n) is 3.41. The van der Waals surface area contributed by atoms with Crippen LogP contribution in [0.5, 0.6) is 5.88 Å². The van der Waals surface area contributed by atoms with Crippen LogP contribution in [-0.2, 0) is 4.74 Å². The minimum absolute atomic E-state index is 0.462. The van der Waals surface area contributed by atoms with Gasteiger partial charge in [0.05, 0.1) is 40.9 Å². The molecule has 1 fully saturated rings. The van der Waals surface area contributed by atoms with Crippen molar-refractivity contribution in [2.45, 2.75) is 13.3 Å². The van der Waals surface area contributed by atoms with Crippen LogP contribution in [-0.4, -0.2) is 42.9 Å². The van der Waals surface area contributed by atoms with Crippen molar-refractivity contribution < 1.29 is 9.47 Å². The standard InChI is InChI=1S/C15H17Cl2N3O2/c1-2-5-22-15-14(20-3-6-21-7-4-20)18-12-8-10(16)11(17)9-13(12)19-15/h8-9H,2-7H2,1H3. The minimum atomic E-state index is 0.462. The molecule has 0 unspecified atom stereocenters. The summed E-state index contributed by atoms with van der Waals surface area (Å²) in [6.07, 6.45) is 0.906. The monoisotopic (exact) mass is 341 g/mol. The highest BCUT2D eigenvalue weighted by atomic mass is 35.5. The van der Waals surface area contributed by atoms with Crippen LogP contribution in [0.4, 0.5) is 5.82 Å². The number of benzene rings is 1. The van der Waals surface area contributed by atoms with E-state index in [4.69, 9.17) is 37.7 Å². The van der Waals surface area contributed by atoms with Gasteiger partial charge in [0, 0.05) is 13.1 Å². The van der Waals surface area contributed by atoms with Crippen molar-refractivity contribution in [2.75, 3.05) is 37.8 Å². The van der Waals surface area contributed by atoms with Gasteiger partial charge in [0.1, 0.15) is 0 Å². The van der Waals surface area contributed by atoms with E-state index in [1.54, 1.807) is 12.1 Å². The van der Waals surface area contributed by atoms with E-state index >= 15 is 0 Å². The number of halogens is 2. The first kappa shape index (κ1) is 15.6. The molecular formula is C15H17Cl2N3O2. The molecule has 0 saturated carbocycles. The molecule has 0 aliphatic carbocycles. The zero-order valence-electron chi connectivity index (χ0n) is 12.3. The average Bonchev–Trinajstić information content (AvgIpc) is 2.54. The number of anilines is 1. The molecule has 1 aliphatic heterocycles. The molecule has 1 aliphatic rings. The van der Waals surface area contributed by atoms with E-state index in [0.29, 0.717) is 46.8 Å². The van der Waals surface area contributed by atoms with Gasteiger partial charge < -0.3 is 14.4 Å². The summed E-state index contributed by atoms with van der Waals surface area (Å²) >= 11 is 12.1. The average molecular weight is 342 g/mol. The van der Waals surface area contributed by atoms with Gasteiger partial charge in [-0.2, -0.15) is 0 Å². The fourth-order valence-corrected chi connectivity index (χ4v) is 2.62. The maximum absolute atomic E-state index is 6.08. The third kappa shape index (κ3) is 3.21. The number of morpholine rings is 1. The zero-order chi connectivity index (χ0) is 15.5. The Morgan fingerprint density at radius 3 is 2.41 bits per heavy atom. The highest BCUT2D eigenvalue weighted by Gasteiger charge is 2.20. The van der Waals surface area contributed by atoms with Crippen molar-refractivity contribution in [3.8, 4) is 5.88 Å². The lowest BCUT2D eigenvalue weighted by atomic mass is 10.3. The van der Waals surface area contributed by atoms with Crippen LogP contribution in [0.2, 0.25) is 10.0 Å². The van der Waals surface area contributed by atoms with Gasteiger partial charge in [-0.15, -0.1) is 0 Å². The fourth-order valence-electron chi connectivity index (χ4n) is 2.30. The van der Waals surface area contributed by atoms with Gasteiger partial charge in [0.2, 0.25) is 0 Å². The predicted molar refractivity (Wildman–Crippen MR) is 88.4 cm³/mol. The Bertz CT molecular complexity index is 675. The van der Waals surface area contributed by atoms with E-state index in [-0.39, 0.29) is 0 Å². The third-order valence-corrected chi connectivity index (χ3v) is 4.13. The summed E-state index contributed by atoms with van der Waals surface area (Å²) in [5, 5.41) is 0.933. The molecule has 2 aromatic rings. The molecule has 22 heavy (non-hydrogen) atoms. The smallest absolute Gasteiger partial charge is 0.258 e. The minimum Gasteiger partial charge on any atom is -0.475 e. The summed E-state index contributed by atoms with van der Waals surface area (Å²) in [4.78, 5) is 11.4. The molecule has 2 heterocycles. The Labute approximate surface area is 139 Å². The molecule has 5 nitrogen and oxygen atoms in total. The van der Waals surface area contributed by atoms with Gasteiger partial charge in [0.15, 0.2) is 5.82 Å². The normalized spacial score (nSPS) is 15.3. The summed E-state index contributed by atoms with van der Waals surface area (Å²) in [6.45, 7) is 5.54. The van der Waals surface area contributed by atoms with Crippen LogP contribution in [0.3, 0.4) is 0 Å². The van der Waals surface area contributed by atoms with Crippen LogP contribution in [0.25, 0.3) is 11.0 Å². The summed E-state index contributed by atoms with van der Waals surface area (Å²) < 4.78 is 11.2. The van der Waals surface area contributed by atoms with Gasteiger partial charge >= 0.3 is 0 Å². The van der Waals surface area contributed by atoms with Crippen molar-refractivity contribution in [1.82, 2.24) is 9.97 Å². The Morgan fingerprint density at radius 2 is 1.77 bits per heavy atom. The molecule has 0 N–H and O–H groups in total. The second-order valence-electron chi connectivity index (χ2n) is 5.06. The van der Waals surface area contributed by atoms with Crippen molar-refractivity contribution in [3.63, 3.8) is 0 Å². The molecule has 0 spiro atoms. The van der Waals surface area contributed by atoms with Gasteiger partial charge in [-0.25, -0.2) is 9.97 Å². The summed E-state index contributed by atoms with van der Waals surface area (Å²) in [5.41, 5.74) is 1.39. The Hall–Kier alpha value is -1.30. The van der Waals surface area contributed by atoms with Crippen LogP contribution in [0.15, 0.2) is 12.1 Å². The second-order valence-corrected chi connectivity index (χ2v) is 5.87. The van der Waals surface area contributed by atoms with Crippen molar-refractivity contribution in [3.05, 3.63) is 22.2 Å². The van der Waals surface area contributed by atoms with Crippen molar-refractivity contribution in [2.24, 2.45) is 0 Å².